The van der Waals surface area contributed by atoms with Crippen LogP contribution in [0.1, 0.15) is 49.4 Å². The lowest BCUT2D eigenvalue weighted by atomic mass is 9.90. The summed E-state index contributed by atoms with van der Waals surface area (Å²) in [5.74, 6) is -1.37. The second-order valence-electron chi connectivity index (χ2n) is 6.62. The number of halogens is 1. The highest BCUT2D eigenvalue weighted by atomic mass is 19.1. The fraction of sp³-hybridized carbons (Fsp3) is 0.579. The molecule has 1 amide bonds. The van der Waals surface area contributed by atoms with Gasteiger partial charge in [0, 0.05) is 32.5 Å². The summed E-state index contributed by atoms with van der Waals surface area (Å²) >= 11 is 0. The Kier molecular flexibility index (Phi) is 6.49. The van der Waals surface area contributed by atoms with Crippen LogP contribution in [0.3, 0.4) is 0 Å². The topological polar surface area (TPSA) is 46.6 Å². The Morgan fingerprint density at radius 1 is 1.25 bits per heavy atom. The van der Waals surface area contributed by atoms with Gasteiger partial charge in [-0.05, 0) is 37.8 Å². The number of amides is 1. The van der Waals surface area contributed by atoms with Crippen LogP contribution < -0.4 is 0 Å². The van der Waals surface area contributed by atoms with Crippen LogP contribution in [-0.4, -0.2) is 42.9 Å². The van der Waals surface area contributed by atoms with E-state index in [9.17, 15) is 14.0 Å². The van der Waals surface area contributed by atoms with E-state index in [2.05, 4.69) is 0 Å². The highest BCUT2D eigenvalue weighted by molar-refractivity contribution is 5.98. The van der Waals surface area contributed by atoms with Crippen LogP contribution in [0.2, 0.25) is 0 Å². The zero-order chi connectivity index (χ0) is 17.7. The molecule has 1 fully saturated rings. The van der Waals surface area contributed by atoms with Crippen molar-refractivity contribution < 1.29 is 18.7 Å². The lowest BCUT2D eigenvalue weighted by Crippen LogP contribution is -2.43. The molecule has 132 valence electrons. The molecule has 0 spiro atoms. The molecule has 2 rings (SSSR count). The number of Topliss-reactive ketones (excluding diaryl/α,β-unsaturated/α-hetero) is 1. The number of carbonyl (C=O) groups excluding carboxylic acids is 2. The first-order valence-electron chi connectivity index (χ1n) is 8.51. The summed E-state index contributed by atoms with van der Waals surface area (Å²) in [6.45, 7) is 1.73. The monoisotopic (exact) mass is 335 g/mol. The van der Waals surface area contributed by atoms with Crippen LogP contribution in [0.15, 0.2) is 24.3 Å². The Bertz CT molecular complexity index is 582. The van der Waals surface area contributed by atoms with Gasteiger partial charge >= 0.3 is 0 Å². The van der Waals surface area contributed by atoms with E-state index in [-0.39, 0.29) is 35.8 Å². The highest BCUT2D eigenvalue weighted by Crippen LogP contribution is 2.25. The molecule has 1 aromatic rings. The van der Waals surface area contributed by atoms with Crippen molar-refractivity contribution in [1.82, 2.24) is 4.90 Å². The molecule has 1 aliphatic rings. The van der Waals surface area contributed by atoms with Gasteiger partial charge < -0.3 is 9.64 Å². The maximum atomic E-state index is 13.7. The number of hydrogen-bond acceptors (Lipinski definition) is 3. The lowest BCUT2D eigenvalue weighted by molar-refractivity contribution is -0.136. The number of rotatable bonds is 6. The molecule has 1 aromatic carbocycles. The normalized spacial score (nSPS) is 22.0. The largest absolute Gasteiger partial charge is 0.381 e. The zero-order valence-corrected chi connectivity index (χ0v) is 14.6. The minimum absolute atomic E-state index is 0.0253. The van der Waals surface area contributed by atoms with E-state index in [1.165, 1.54) is 12.1 Å². The van der Waals surface area contributed by atoms with Gasteiger partial charge in [-0.15, -0.1) is 0 Å². The van der Waals surface area contributed by atoms with Crippen LogP contribution in [0.5, 0.6) is 0 Å². The predicted molar refractivity (Wildman–Crippen MR) is 90.3 cm³/mol. The van der Waals surface area contributed by atoms with Crippen LogP contribution in [0.25, 0.3) is 0 Å². The molecular formula is C19H26FNO3. The van der Waals surface area contributed by atoms with Gasteiger partial charge in [-0.2, -0.15) is 0 Å². The molecule has 1 atom stereocenters. The van der Waals surface area contributed by atoms with Crippen LogP contribution in [-0.2, 0) is 9.53 Å². The Balaban J connectivity index is 1.92. The van der Waals surface area contributed by atoms with Crippen molar-refractivity contribution in [3.8, 4) is 0 Å². The number of benzene rings is 1. The molecule has 0 unspecified atom stereocenters. The van der Waals surface area contributed by atoms with Gasteiger partial charge in [-0.3, -0.25) is 9.59 Å². The van der Waals surface area contributed by atoms with Gasteiger partial charge in [0.15, 0.2) is 5.78 Å². The molecule has 0 N–H and O–H groups in total. The molecule has 1 saturated carbocycles. The third kappa shape index (κ3) is 4.41. The standard InChI is InChI=1S/C19H26FNO3/c1-13(12-18(22)16-6-4-5-7-17(16)20)19(23)21(2)14-8-10-15(24-3)11-9-14/h4-7,13-15H,8-12H2,1-3H3/t13-,14?,15?/m0/s1. The van der Waals surface area contributed by atoms with Gasteiger partial charge in [-0.25, -0.2) is 4.39 Å². The summed E-state index contributed by atoms with van der Waals surface area (Å²) in [6.07, 6.45) is 4.02. The van der Waals surface area contributed by atoms with Crippen LogP contribution in [0.4, 0.5) is 4.39 Å². The smallest absolute Gasteiger partial charge is 0.225 e. The summed E-state index contributed by atoms with van der Waals surface area (Å²) in [4.78, 5) is 26.6. The quantitative estimate of drug-likeness (QED) is 0.748. The third-order valence-electron chi connectivity index (χ3n) is 4.96. The van der Waals surface area contributed by atoms with E-state index in [0.29, 0.717) is 0 Å². The molecule has 5 heteroatoms. The molecule has 0 heterocycles. The number of ketones is 1. The van der Waals surface area contributed by atoms with E-state index in [1.54, 1.807) is 38.1 Å². The Labute approximate surface area is 143 Å². The summed E-state index contributed by atoms with van der Waals surface area (Å²) in [5, 5.41) is 0. The summed E-state index contributed by atoms with van der Waals surface area (Å²) in [7, 11) is 3.51. The Hall–Kier alpha value is -1.75. The van der Waals surface area contributed by atoms with Gasteiger partial charge in [0.25, 0.3) is 0 Å². The van der Waals surface area contributed by atoms with E-state index < -0.39 is 11.7 Å². The van der Waals surface area contributed by atoms with Crippen LogP contribution >= 0.6 is 0 Å². The second-order valence-corrected chi connectivity index (χ2v) is 6.62. The molecule has 0 aliphatic heterocycles. The Morgan fingerprint density at radius 3 is 2.46 bits per heavy atom. The van der Waals surface area contributed by atoms with Gasteiger partial charge in [0.05, 0.1) is 11.7 Å². The molecule has 24 heavy (non-hydrogen) atoms. The first-order chi connectivity index (χ1) is 11.4. The fourth-order valence-electron chi connectivity index (χ4n) is 3.36. The van der Waals surface area contributed by atoms with E-state index in [0.717, 1.165) is 25.7 Å². The molecule has 0 saturated heterocycles. The number of carbonyl (C=O) groups is 2. The minimum Gasteiger partial charge on any atom is -0.381 e. The number of ether oxygens (including phenoxy) is 1. The predicted octanol–water partition coefficient (Wildman–Crippen LogP) is 3.45. The first-order valence-corrected chi connectivity index (χ1v) is 8.51. The van der Waals surface area contributed by atoms with E-state index in [4.69, 9.17) is 4.74 Å². The number of nitrogens with zero attached hydrogens (tertiary/aromatic N) is 1. The van der Waals surface area contributed by atoms with Gasteiger partial charge in [0.1, 0.15) is 5.82 Å². The first kappa shape index (κ1) is 18.6. The van der Waals surface area contributed by atoms with Crippen molar-refractivity contribution in [2.75, 3.05) is 14.2 Å². The Morgan fingerprint density at radius 2 is 1.88 bits per heavy atom. The van der Waals surface area contributed by atoms with Crippen LogP contribution in [0, 0.1) is 11.7 Å². The summed E-state index contributed by atoms with van der Waals surface area (Å²) < 4.78 is 19.0. The molecule has 0 aromatic heterocycles. The van der Waals surface area contributed by atoms with Crippen molar-refractivity contribution in [2.45, 2.75) is 51.2 Å². The molecule has 1 aliphatic carbocycles. The zero-order valence-electron chi connectivity index (χ0n) is 14.6. The van der Waals surface area contributed by atoms with Crippen molar-refractivity contribution in [1.29, 1.82) is 0 Å². The highest BCUT2D eigenvalue weighted by Gasteiger charge is 2.29. The minimum atomic E-state index is -0.534. The average molecular weight is 335 g/mol. The average Bonchev–Trinajstić information content (AvgIpc) is 2.60. The summed E-state index contributed by atoms with van der Waals surface area (Å²) in [5.41, 5.74) is 0.0559. The van der Waals surface area contributed by atoms with Crippen molar-refractivity contribution in [2.24, 2.45) is 5.92 Å². The van der Waals surface area contributed by atoms with E-state index >= 15 is 0 Å². The van der Waals surface area contributed by atoms with E-state index in [1.807, 2.05) is 0 Å². The molecule has 4 nitrogen and oxygen atoms in total. The lowest BCUT2D eigenvalue weighted by Gasteiger charge is -2.35. The second kappa shape index (κ2) is 8.38. The fourth-order valence-corrected chi connectivity index (χ4v) is 3.36. The van der Waals surface area contributed by atoms with Crippen molar-refractivity contribution >= 4 is 11.7 Å². The molecule has 0 radical (unpaired) electrons. The summed E-state index contributed by atoms with van der Waals surface area (Å²) in [6, 6.07) is 6.09. The van der Waals surface area contributed by atoms with Gasteiger partial charge in [0.2, 0.25) is 5.91 Å². The number of hydrogen-bond donors (Lipinski definition) is 0. The SMILES string of the molecule is COC1CCC(N(C)C(=O)[C@@H](C)CC(=O)c2ccccc2F)CC1. The number of methoxy groups -OCH3 is 1. The van der Waals surface area contributed by atoms with Crippen molar-refractivity contribution in [3.63, 3.8) is 0 Å². The molecular weight excluding hydrogens is 309 g/mol. The molecule has 0 bridgehead atoms. The third-order valence-corrected chi connectivity index (χ3v) is 4.96. The van der Waals surface area contributed by atoms with Gasteiger partial charge in [-0.1, -0.05) is 19.1 Å². The van der Waals surface area contributed by atoms with Crippen molar-refractivity contribution in [3.05, 3.63) is 35.6 Å². The maximum Gasteiger partial charge on any atom is 0.225 e. The maximum absolute atomic E-state index is 13.7.